The molecule has 0 aromatic heterocycles. The molecule has 0 fully saturated rings. The standard InChI is InChI=1S/C11H12ClN3O5/c12-6-1-2-8(7(5-6)9(16)17)15-11(19)14-3-4-20-10(13)18/h1-2,5H,3-4H2,(H2,13,18)(H,16,17)(H2,14,15,19). The van der Waals surface area contributed by atoms with Crippen LogP contribution < -0.4 is 16.4 Å². The molecule has 9 heteroatoms. The average molecular weight is 302 g/mol. The van der Waals surface area contributed by atoms with Crippen LogP contribution in [0.15, 0.2) is 18.2 Å². The van der Waals surface area contributed by atoms with Gasteiger partial charge in [0, 0.05) is 5.02 Å². The van der Waals surface area contributed by atoms with E-state index in [9.17, 15) is 14.4 Å². The summed E-state index contributed by atoms with van der Waals surface area (Å²) in [5.74, 6) is -1.22. The van der Waals surface area contributed by atoms with E-state index >= 15 is 0 Å². The summed E-state index contributed by atoms with van der Waals surface area (Å²) in [6, 6.07) is 3.38. The van der Waals surface area contributed by atoms with Gasteiger partial charge in [-0.05, 0) is 18.2 Å². The van der Waals surface area contributed by atoms with Crippen LogP contribution in [0.3, 0.4) is 0 Å². The molecule has 20 heavy (non-hydrogen) atoms. The van der Waals surface area contributed by atoms with Crippen molar-refractivity contribution in [3.8, 4) is 0 Å². The second-order valence-corrected chi connectivity index (χ2v) is 3.98. The lowest BCUT2D eigenvalue weighted by Gasteiger charge is -2.10. The average Bonchev–Trinajstić information content (AvgIpc) is 2.36. The van der Waals surface area contributed by atoms with Gasteiger partial charge < -0.3 is 26.2 Å². The topological polar surface area (TPSA) is 131 Å². The van der Waals surface area contributed by atoms with Crippen molar-refractivity contribution < 1.29 is 24.2 Å². The molecule has 1 aromatic rings. The molecule has 0 radical (unpaired) electrons. The van der Waals surface area contributed by atoms with Crippen LogP contribution in [-0.4, -0.2) is 36.4 Å². The Labute approximate surface area is 118 Å². The number of benzene rings is 1. The van der Waals surface area contributed by atoms with Crippen LogP contribution in [-0.2, 0) is 4.74 Å². The minimum absolute atomic E-state index is 0.0325. The minimum atomic E-state index is -1.22. The summed E-state index contributed by atoms with van der Waals surface area (Å²) < 4.78 is 4.40. The van der Waals surface area contributed by atoms with Crippen LogP contribution in [0.25, 0.3) is 0 Å². The van der Waals surface area contributed by atoms with E-state index < -0.39 is 18.1 Å². The molecule has 0 saturated carbocycles. The number of anilines is 1. The number of nitrogens with one attached hydrogen (secondary N) is 2. The van der Waals surface area contributed by atoms with Crippen LogP contribution in [0.5, 0.6) is 0 Å². The smallest absolute Gasteiger partial charge is 0.404 e. The van der Waals surface area contributed by atoms with Gasteiger partial charge in [-0.1, -0.05) is 11.6 Å². The molecule has 0 bridgehead atoms. The molecule has 108 valence electrons. The van der Waals surface area contributed by atoms with Gasteiger partial charge in [0.1, 0.15) is 6.61 Å². The van der Waals surface area contributed by atoms with Crippen molar-refractivity contribution in [1.29, 1.82) is 0 Å². The molecule has 0 atom stereocenters. The molecule has 0 saturated heterocycles. The molecule has 8 nitrogen and oxygen atoms in total. The maximum absolute atomic E-state index is 11.5. The van der Waals surface area contributed by atoms with Gasteiger partial charge in [-0.25, -0.2) is 14.4 Å². The van der Waals surface area contributed by atoms with E-state index in [-0.39, 0.29) is 29.4 Å². The van der Waals surface area contributed by atoms with Gasteiger partial charge in [0.05, 0.1) is 17.8 Å². The first-order chi connectivity index (χ1) is 9.40. The van der Waals surface area contributed by atoms with Crippen molar-refractivity contribution in [2.75, 3.05) is 18.5 Å². The van der Waals surface area contributed by atoms with Crippen LogP contribution in [0.1, 0.15) is 10.4 Å². The lowest BCUT2D eigenvalue weighted by Crippen LogP contribution is -2.33. The summed E-state index contributed by atoms with van der Waals surface area (Å²) in [6.45, 7) is -0.0556. The third-order valence-electron chi connectivity index (χ3n) is 2.09. The van der Waals surface area contributed by atoms with Gasteiger partial charge in [-0.2, -0.15) is 0 Å². The number of carbonyl (C=O) groups excluding carboxylic acids is 2. The first kappa shape index (κ1) is 15.6. The Balaban J connectivity index is 2.57. The number of rotatable bonds is 5. The van der Waals surface area contributed by atoms with Gasteiger partial charge in [0.2, 0.25) is 0 Å². The summed E-state index contributed by atoms with van der Waals surface area (Å²) in [5.41, 5.74) is 4.69. The molecule has 0 aliphatic rings. The van der Waals surface area contributed by atoms with E-state index in [0.29, 0.717) is 0 Å². The summed E-state index contributed by atoms with van der Waals surface area (Å²) in [6.07, 6.45) is -0.946. The fraction of sp³-hybridized carbons (Fsp3) is 0.182. The second kappa shape index (κ2) is 7.19. The van der Waals surface area contributed by atoms with Crippen molar-refractivity contribution in [3.05, 3.63) is 28.8 Å². The fourth-order valence-corrected chi connectivity index (χ4v) is 1.46. The predicted octanol–water partition coefficient (Wildman–Crippen LogP) is 1.26. The molecule has 0 aliphatic carbocycles. The van der Waals surface area contributed by atoms with E-state index in [4.69, 9.17) is 22.4 Å². The Morgan fingerprint density at radius 3 is 2.65 bits per heavy atom. The van der Waals surface area contributed by atoms with E-state index in [0.717, 1.165) is 0 Å². The number of hydrogen-bond acceptors (Lipinski definition) is 4. The largest absolute Gasteiger partial charge is 0.478 e. The van der Waals surface area contributed by atoms with E-state index in [1.807, 2.05) is 0 Å². The molecule has 1 aromatic carbocycles. The van der Waals surface area contributed by atoms with Gasteiger partial charge in [-0.3, -0.25) is 0 Å². The summed E-state index contributed by atoms with van der Waals surface area (Å²) in [5, 5.41) is 13.9. The monoisotopic (exact) mass is 301 g/mol. The number of carboxylic acids is 1. The number of carbonyl (C=O) groups is 3. The zero-order chi connectivity index (χ0) is 15.1. The SMILES string of the molecule is NC(=O)OCCNC(=O)Nc1ccc(Cl)cc1C(=O)O. The first-order valence-corrected chi connectivity index (χ1v) is 5.78. The Kier molecular flexibility index (Phi) is 5.60. The first-order valence-electron chi connectivity index (χ1n) is 5.40. The van der Waals surface area contributed by atoms with Gasteiger partial charge >= 0.3 is 18.1 Å². The molecule has 0 heterocycles. The molecule has 0 spiro atoms. The van der Waals surface area contributed by atoms with E-state index in [1.165, 1.54) is 18.2 Å². The number of urea groups is 1. The third kappa shape index (κ3) is 5.02. The fourth-order valence-electron chi connectivity index (χ4n) is 1.29. The number of ether oxygens (including phenoxy) is 1. The second-order valence-electron chi connectivity index (χ2n) is 3.54. The molecule has 0 aliphatic heterocycles. The van der Waals surface area contributed by atoms with Crippen molar-refractivity contribution in [2.24, 2.45) is 5.73 Å². The van der Waals surface area contributed by atoms with E-state index in [2.05, 4.69) is 15.4 Å². The Morgan fingerprint density at radius 1 is 1.35 bits per heavy atom. The van der Waals surface area contributed by atoms with Crippen LogP contribution in [0.2, 0.25) is 5.02 Å². The van der Waals surface area contributed by atoms with Crippen molar-refractivity contribution in [3.63, 3.8) is 0 Å². The van der Waals surface area contributed by atoms with Crippen LogP contribution in [0, 0.1) is 0 Å². The highest BCUT2D eigenvalue weighted by molar-refractivity contribution is 6.31. The third-order valence-corrected chi connectivity index (χ3v) is 2.33. The van der Waals surface area contributed by atoms with Crippen LogP contribution >= 0.6 is 11.6 Å². The predicted molar refractivity (Wildman–Crippen MR) is 71.0 cm³/mol. The van der Waals surface area contributed by atoms with Gasteiger partial charge in [0.25, 0.3) is 0 Å². The molecule has 3 amide bonds. The molecule has 0 unspecified atom stereocenters. The number of halogens is 1. The highest BCUT2D eigenvalue weighted by Crippen LogP contribution is 2.20. The van der Waals surface area contributed by atoms with Crippen molar-refractivity contribution in [1.82, 2.24) is 5.32 Å². The molecule has 5 N–H and O–H groups in total. The Morgan fingerprint density at radius 2 is 2.05 bits per heavy atom. The lowest BCUT2D eigenvalue weighted by molar-refractivity contribution is 0.0698. The highest BCUT2D eigenvalue weighted by atomic mass is 35.5. The summed E-state index contributed by atoms with van der Waals surface area (Å²) >= 11 is 5.68. The number of carboxylic acid groups (broad SMARTS) is 1. The normalized spacial score (nSPS) is 9.65. The van der Waals surface area contributed by atoms with Crippen molar-refractivity contribution in [2.45, 2.75) is 0 Å². The van der Waals surface area contributed by atoms with Crippen LogP contribution in [0.4, 0.5) is 15.3 Å². The zero-order valence-corrected chi connectivity index (χ0v) is 10.9. The number of amides is 3. The summed E-state index contributed by atoms with van der Waals surface area (Å²) in [4.78, 5) is 32.8. The van der Waals surface area contributed by atoms with E-state index in [1.54, 1.807) is 0 Å². The molecule has 1 rings (SSSR count). The summed E-state index contributed by atoms with van der Waals surface area (Å²) in [7, 11) is 0. The molecular weight excluding hydrogens is 290 g/mol. The molecular formula is C11H12ClN3O5. The van der Waals surface area contributed by atoms with Gasteiger partial charge in [0.15, 0.2) is 0 Å². The number of primary amides is 1. The Hall–Kier alpha value is -2.48. The maximum Gasteiger partial charge on any atom is 0.404 e. The minimum Gasteiger partial charge on any atom is -0.478 e. The highest BCUT2D eigenvalue weighted by Gasteiger charge is 2.12. The quantitative estimate of drug-likeness (QED) is 0.608. The number of nitrogens with two attached hydrogens (primary N) is 1. The lowest BCUT2D eigenvalue weighted by atomic mass is 10.2. The van der Waals surface area contributed by atoms with Crippen molar-refractivity contribution >= 4 is 35.4 Å². The number of hydrogen-bond donors (Lipinski definition) is 4. The zero-order valence-electron chi connectivity index (χ0n) is 10.2. The number of aromatic carboxylic acids is 1. The Bertz CT molecular complexity index is 535. The van der Waals surface area contributed by atoms with Gasteiger partial charge in [-0.15, -0.1) is 0 Å². The maximum atomic E-state index is 11.5.